The summed E-state index contributed by atoms with van der Waals surface area (Å²) in [6.45, 7) is 10.9. The second-order valence-corrected chi connectivity index (χ2v) is 5.53. The molecule has 2 aromatic rings. The van der Waals surface area contributed by atoms with Crippen molar-refractivity contribution in [3.05, 3.63) is 71.3 Å². The molecule has 0 atom stereocenters. The minimum Gasteiger partial charge on any atom is -0.0776 e. The third-order valence-corrected chi connectivity index (χ3v) is 3.49. The Balaban J connectivity index is 0. The van der Waals surface area contributed by atoms with Crippen LogP contribution < -0.4 is 0 Å². The Bertz CT molecular complexity index is 437. The zero-order valence-electron chi connectivity index (χ0n) is 15.2. The van der Waals surface area contributed by atoms with Crippen LogP contribution >= 0.6 is 0 Å². The van der Waals surface area contributed by atoms with Gasteiger partial charge in [0.2, 0.25) is 0 Å². The highest BCUT2D eigenvalue weighted by Crippen LogP contribution is 2.02. The molecule has 0 radical (unpaired) electrons. The van der Waals surface area contributed by atoms with Crippen LogP contribution in [0.25, 0.3) is 0 Å². The Hall–Kier alpha value is -1.56. The molecule has 0 heteroatoms. The molecule has 0 bridgehead atoms. The number of unbranched alkanes of at least 4 members (excludes halogenated alkanes) is 2. The summed E-state index contributed by atoms with van der Waals surface area (Å²) >= 11 is 0. The van der Waals surface area contributed by atoms with E-state index >= 15 is 0 Å². The number of hydrogen-bond donors (Lipinski definition) is 0. The molecular formula is C23H38. The highest BCUT2D eigenvalue weighted by molar-refractivity contribution is 5.20. The summed E-state index contributed by atoms with van der Waals surface area (Å²) in [4.78, 5) is 0. The maximum absolute atomic E-state index is 2.21. The third-order valence-electron chi connectivity index (χ3n) is 3.49. The second-order valence-electron chi connectivity index (χ2n) is 5.53. The maximum Gasteiger partial charge on any atom is -0.0307 e. The van der Waals surface area contributed by atoms with Crippen LogP contribution in [0.4, 0.5) is 0 Å². The average Bonchev–Trinajstić information content (AvgIpc) is 2.58. The highest BCUT2D eigenvalue weighted by Gasteiger charge is 1.84. The lowest BCUT2D eigenvalue weighted by Crippen LogP contribution is -1.77. The first-order valence-corrected chi connectivity index (χ1v) is 8.77. The fourth-order valence-electron chi connectivity index (χ4n) is 1.89. The Morgan fingerprint density at radius 3 is 1.35 bits per heavy atom. The standard InChI is InChI=1S/C9H12.C8H10.C5H12.CH4/c1-3-9-6-4-8(2)5-7-9;1-2-8-6-4-3-5-7-8;1-3-5-4-2;/h4-7H,3H2,1-2H3;3-7H,2H2,1H3;3-5H2,1-2H3;1H4. The lowest BCUT2D eigenvalue weighted by Gasteiger charge is -1.94. The molecular weight excluding hydrogens is 276 g/mol. The summed E-state index contributed by atoms with van der Waals surface area (Å²) in [6.07, 6.45) is 6.36. The highest BCUT2D eigenvalue weighted by atomic mass is 13.9. The van der Waals surface area contributed by atoms with E-state index in [2.05, 4.69) is 83.1 Å². The third kappa shape index (κ3) is 13.8. The first-order valence-electron chi connectivity index (χ1n) is 8.77. The fourth-order valence-corrected chi connectivity index (χ4v) is 1.89. The molecule has 0 aliphatic carbocycles. The lowest BCUT2D eigenvalue weighted by atomic mass is 10.1. The van der Waals surface area contributed by atoms with E-state index in [4.69, 9.17) is 0 Å². The fraction of sp³-hybridized carbons (Fsp3) is 0.478. The van der Waals surface area contributed by atoms with Gasteiger partial charge in [0.15, 0.2) is 0 Å². The minimum atomic E-state index is 0. The molecule has 0 aromatic heterocycles. The normalized spacial score (nSPS) is 8.74. The molecule has 0 aliphatic heterocycles. The van der Waals surface area contributed by atoms with Gasteiger partial charge in [-0.05, 0) is 30.9 Å². The molecule has 0 saturated heterocycles. The SMILES string of the molecule is C.CCCCC.CCc1ccc(C)cc1.CCc1ccccc1. The van der Waals surface area contributed by atoms with Gasteiger partial charge in [-0.15, -0.1) is 0 Å². The summed E-state index contributed by atoms with van der Waals surface area (Å²) in [7, 11) is 0. The van der Waals surface area contributed by atoms with E-state index in [-0.39, 0.29) is 7.43 Å². The molecule has 130 valence electrons. The summed E-state index contributed by atoms with van der Waals surface area (Å²) < 4.78 is 0. The van der Waals surface area contributed by atoms with Crippen molar-refractivity contribution in [1.29, 1.82) is 0 Å². The van der Waals surface area contributed by atoms with Crippen molar-refractivity contribution in [2.45, 2.75) is 74.1 Å². The van der Waals surface area contributed by atoms with Crippen molar-refractivity contribution in [3.63, 3.8) is 0 Å². The average molecular weight is 315 g/mol. The summed E-state index contributed by atoms with van der Waals surface area (Å²) in [5.41, 5.74) is 4.17. The largest absolute Gasteiger partial charge is 0.0776 e. The maximum atomic E-state index is 2.21. The zero-order chi connectivity index (χ0) is 16.6. The van der Waals surface area contributed by atoms with Crippen LogP contribution in [0.3, 0.4) is 0 Å². The predicted molar refractivity (Wildman–Crippen MR) is 108 cm³/mol. The Morgan fingerprint density at radius 1 is 0.609 bits per heavy atom. The van der Waals surface area contributed by atoms with Gasteiger partial charge >= 0.3 is 0 Å². The molecule has 0 heterocycles. The van der Waals surface area contributed by atoms with Crippen molar-refractivity contribution in [3.8, 4) is 0 Å². The smallest absolute Gasteiger partial charge is 0.0307 e. The number of benzene rings is 2. The van der Waals surface area contributed by atoms with Crippen LogP contribution in [0.15, 0.2) is 54.6 Å². The molecule has 2 rings (SSSR count). The number of aryl methyl sites for hydroxylation is 3. The van der Waals surface area contributed by atoms with Gasteiger partial charge in [-0.25, -0.2) is 0 Å². The summed E-state index contributed by atoms with van der Waals surface area (Å²) in [5, 5.41) is 0. The van der Waals surface area contributed by atoms with Crippen molar-refractivity contribution >= 4 is 0 Å². The van der Waals surface area contributed by atoms with Crippen molar-refractivity contribution in [1.82, 2.24) is 0 Å². The van der Waals surface area contributed by atoms with Gasteiger partial charge in [-0.2, -0.15) is 0 Å². The number of hydrogen-bond acceptors (Lipinski definition) is 0. The molecule has 0 amide bonds. The van der Waals surface area contributed by atoms with E-state index in [1.807, 2.05) is 6.07 Å². The van der Waals surface area contributed by atoms with E-state index < -0.39 is 0 Å². The van der Waals surface area contributed by atoms with Gasteiger partial charge in [0.25, 0.3) is 0 Å². The van der Waals surface area contributed by atoms with Gasteiger partial charge in [0, 0.05) is 0 Å². The molecule has 2 aromatic carbocycles. The molecule has 0 unspecified atom stereocenters. The van der Waals surface area contributed by atoms with Gasteiger partial charge < -0.3 is 0 Å². The Labute approximate surface area is 146 Å². The lowest BCUT2D eigenvalue weighted by molar-refractivity contribution is 0.772. The first-order chi connectivity index (χ1) is 10.7. The van der Waals surface area contributed by atoms with Gasteiger partial charge in [0.05, 0.1) is 0 Å². The predicted octanol–water partition coefficient (Wildman–Crippen LogP) is 7.64. The van der Waals surface area contributed by atoms with Gasteiger partial charge in [0.1, 0.15) is 0 Å². The number of rotatable bonds is 4. The van der Waals surface area contributed by atoms with Crippen molar-refractivity contribution < 1.29 is 0 Å². The molecule has 0 spiro atoms. The monoisotopic (exact) mass is 314 g/mol. The molecule has 0 saturated carbocycles. The zero-order valence-corrected chi connectivity index (χ0v) is 15.2. The van der Waals surface area contributed by atoms with E-state index in [9.17, 15) is 0 Å². The summed E-state index contributed by atoms with van der Waals surface area (Å²) in [6, 6.07) is 19.1. The molecule has 0 aliphatic rings. The quantitative estimate of drug-likeness (QED) is 0.544. The molecule has 0 N–H and O–H groups in total. The minimum absolute atomic E-state index is 0. The van der Waals surface area contributed by atoms with E-state index in [0.717, 1.165) is 12.8 Å². The van der Waals surface area contributed by atoms with Crippen molar-refractivity contribution in [2.24, 2.45) is 0 Å². The van der Waals surface area contributed by atoms with E-state index in [1.165, 1.54) is 36.0 Å². The first kappa shape index (κ1) is 23.7. The topological polar surface area (TPSA) is 0 Å². The van der Waals surface area contributed by atoms with Crippen LogP contribution in [-0.2, 0) is 12.8 Å². The molecule has 0 nitrogen and oxygen atoms in total. The van der Waals surface area contributed by atoms with Gasteiger partial charge in [-0.1, -0.05) is 115 Å². The van der Waals surface area contributed by atoms with Crippen LogP contribution in [0.1, 0.15) is 71.1 Å². The Morgan fingerprint density at radius 2 is 1.04 bits per heavy atom. The Kier molecular flexibility index (Phi) is 17.3. The summed E-state index contributed by atoms with van der Waals surface area (Å²) in [5.74, 6) is 0. The molecule has 23 heavy (non-hydrogen) atoms. The van der Waals surface area contributed by atoms with E-state index in [1.54, 1.807) is 0 Å². The van der Waals surface area contributed by atoms with Crippen LogP contribution in [0.5, 0.6) is 0 Å². The molecule has 0 fully saturated rings. The second kappa shape index (κ2) is 16.8. The van der Waals surface area contributed by atoms with Gasteiger partial charge in [-0.3, -0.25) is 0 Å². The van der Waals surface area contributed by atoms with Crippen LogP contribution in [0, 0.1) is 6.92 Å². The van der Waals surface area contributed by atoms with E-state index in [0.29, 0.717) is 0 Å². The van der Waals surface area contributed by atoms with Crippen LogP contribution in [0.2, 0.25) is 0 Å². The van der Waals surface area contributed by atoms with Crippen LogP contribution in [-0.4, -0.2) is 0 Å². The van der Waals surface area contributed by atoms with Crippen molar-refractivity contribution in [2.75, 3.05) is 0 Å².